The number of amides is 2. The van der Waals surface area contributed by atoms with Crippen LogP contribution in [0.3, 0.4) is 0 Å². The van der Waals surface area contributed by atoms with Gasteiger partial charge in [-0.15, -0.1) is 0 Å². The van der Waals surface area contributed by atoms with Gasteiger partial charge in [-0.25, -0.2) is 8.42 Å². The number of ether oxygens (including phenoxy) is 1. The fourth-order valence-corrected chi connectivity index (χ4v) is 4.15. The number of carbonyl (C=O) groups excluding carboxylic acids is 2. The van der Waals surface area contributed by atoms with E-state index >= 15 is 0 Å². The van der Waals surface area contributed by atoms with Gasteiger partial charge in [0.15, 0.2) is 0 Å². The van der Waals surface area contributed by atoms with Gasteiger partial charge in [-0.05, 0) is 23.6 Å². The molecule has 168 valence electrons. The number of benzene rings is 3. The number of rotatable bonds is 9. The molecule has 3 aromatic carbocycles. The Balaban J connectivity index is 1.84. The molecule has 3 aromatic rings. The van der Waals surface area contributed by atoms with E-state index < -0.39 is 22.5 Å². The predicted molar refractivity (Wildman–Crippen MR) is 125 cm³/mol. The van der Waals surface area contributed by atoms with Crippen LogP contribution in [0.2, 0.25) is 0 Å². The van der Waals surface area contributed by atoms with E-state index in [-0.39, 0.29) is 11.5 Å². The number of nitrogens with one attached hydrogen (secondary N) is 2. The molecular weight excluding hydrogens is 430 g/mol. The fourth-order valence-electron chi connectivity index (χ4n) is 3.28. The topological polar surface area (TPSA) is 105 Å². The minimum Gasteiger partial charge on any atom is -0.383 e. The van der Waals surface area contributed by atoms with E-state index in [0.717, 1.165) is 15.9 Å². The highest BCUT2D eigenvalue weighted by Gasteiger charge is 2.23. The minimum atomic E-state index is -3.76. The average molecular weight is 456 g/mol. The number of para-hydroxylation sites is 1. The highest BCUT2D eigenvalue weighted by molar-refractivity contribution is 7.92. The maximum absolute atomic E-state index is 12.8. The molecule has 0 atom stereocenters. The highest BCUT2D eigenvalue weighted by atomic mass is 32.2. The van der Waals surface area contributed by atoms with Crippen LogP contribution < -0.4 is 14.9 Å². The lowest BCUT2D eigenvalue weighted by Gasteiger charge is -2.23. The summed E-state index contributed by atoms with van der Waals surface area (Å²) >= 11 is 0. The molecule has 0 saturated heterocycles. The molecule has 0 spiro atoms. The zero-order chi connectivity index (χ0) is 23.1. The highest BCUT2D eigenvalue weighted by Crippen LogP contribution is 2.28. The zero-order valence-electron chi connectivity index (χ0n) is 17.9. The number of nitrogens with zero attached hydrogens (tertiary/aromatic N) is 1. The van der Waals surface area contributed by atoms with Crippen molar-refractivity contribution in [3.8, 4) is 0 Å². The molecule has 2 amide bonds. The first-order valence-electron chi connectivity index (χ1n) is 9.92. The molecule has 3 rings (SSSR count). The number of hydrogen-bond acceptors (Lipinski definition) is 5. The molecule has 32 heavy (non-hydrogen) atoms. The average Bonchev–Trinajstić information content (AvgIpc) is 2.77. The van der Waals surface area contributed by atoms with Crippen LogP contribution >= 0.6 is 0 Å². The molecule has 0 aliphatic rings. The van der Waals surface area contributed by atoms with Crippen LogP contribution in [0, 0.1) is 0 Å². The van der Waals surface area contributed by atoms with Crippen molar-refractivity contribution >= 4 is 44.0 Å². The van der Waals surface area contributed by atoms with Crippen LogP contribution in [0.4, 0.5) is 11.4 Å². The first kappa shape index (κ1) is 23.2. The maximum Gasteiger partial charge on any atom is 0.253 e. The maximum atomic E-state index is 12.8. The molecule has 0 saturated carbocycles. The van der Waals surface area contributed by atoms with Crippen LogP contribution in [0.1, 0.15) is 10.4 Å². The molecule has 0 heterocycles. The Morgan fingerprint density at radius 3 is 2.41 bits per heavy atom. The van der Waals surface area contributed by atoms with Crippen molar-refractivity contribution in [1.29, 1.82) is 0 Å². The van der Waals surface area contributed by atoms with Gasteiger partial charge in [-0.2, -0.15) is 0 Å². The first-order valence-corrected chi connectivity index (χ1v) is 11.8. The van der Waals surface area contributed by atoms with Gasteiger partial charge in [0.05, 0.1) is 29.8 Å². The molecule has 0 aromatic heterocycles. The second-order valence-electron chi connectivity index (χ2n) is 7.11. The van der Waals surface area contributed by atoms with Gasteiger partial charge in [0.25, 0.3) is 5.91 Å². The van der Waals surface area contributed by atoms with E-state index in [4.69, 9.17) is 4.74 Å². The Morgan fingerprint density at radius 1 is 0.969 bits per heavy atom. The zero-order valence-corrected chi connectivity index (χ0v) is 18.7. The van der Waals surface area contributed by atoms with Gasteiger partial charge in [-0.1, -0.05) is 48.5 Å². The van der Waals surface area contributed by atoms with Gasteiger partial charge in [0, 0.05) is 19.0 Å². The number of sulfonamides is 1. The number of fused-ring (bicyclic) bond motifs is 1. The van der Waals surface area contributed by atoms with Crippen LogP contribution in [-0.4, -0.2) is 53.3 Å². The fraction of sp³-hybridized carbons (Fsp3) is 0.217. The summed E-state index contributed by atoms with van der Waals surface area (Å²) in [5, 5.41) is 6.94. The molecular formula is C23H25N3O5S. The Bertz CT molecular complexity index is 1220. The van der Waals surface area contributed by atoms with Crippen molar-refractivity contribution in [2.45, 2.75) is 0 Å². The van der Waals surface area contributed by atoms with Crippen molar-refractivity contribution < 1.29 is 22.7 Å². The third-order valence-corrected chi connectivity index (χ3v) is 5.89. The van der Waals surface area contributed by atoms with Gasteiger partial charge >= 0.3 is 0 Å². The second kappa shape index (κ2) is 10.3. The van der Waals surface area contributed by atoms with Crippen LogP contribution in [0.15, 0.2) is 66.7 Å². The lowest BCUT2D eigenvalue weighted by molar-refractivity contribution is -0.114. The van der Waals surface area contributed by atoms with Gasteiger partial charge in [0.2, 0.25) is 15.9 Å². The van der Waals surface area contributed by atoms with Crippen molar-refractivity contribution in [3.63, 3.8) is 0 Å². The van der Waals surface area contributed by atoms with E-state index in [2.05, 4.69) is 10.6 Å². The molecule has 0 aliphatic heterocycles. The molecule has 0 radical (unpaired) electrons. The molecule has 8 nitrogen and oxygen atoms in total. The van der Waals surface area contributed by atoms with E-state index in [1.807, 2.05) is 24.3 Å². The second-order valence-corrected chi connectivity index (χ2v) is 9.02. The lowest BCUT2D eigenvalue weighted by atomic mass is 10.1. The largest absolute Gasteiger partial charge is 0.383 e. The van der Waals surface area contributed by atoms with Crippen molar-refractivity contribution in [2.24, 2.45) is 0 Å². The SMILES string of the molecule is COCCNC(=O)c1ccccc1NC(=O)CN(c1cccc2ccccc12)S(C)(=O)=O. The van der Waals surface area contributed by atoms with Crippen molar-refractivity contribution in [2.75, 3.05) is 42.7 Å². The van der Waals surface area contributed by atoms with Crippen LogP contribution in [-0.2, 0) is 19.6 Å². The van der Waals surface area contributed by atoms with E-state index in [1.165, 1.54) is 7.11 Å². The normalized spacial score (nSPS) is 11.2. The number of methoxy groups -OCH3 is 1. The van der Waals surface area contributed by atoms with E-state index in [1.54, 1.807) is 42.5 Å². The number of hydrogen-bond donors (Lipinski definition) is 2. The Labute approximate surface area is 187 Å². The molecule has 0 aliphatic carbocycles. The van der Waals surface area contributed by atoms with Crippen LogP contribution in [0.5, 0.6) is 0 Å². The Morgan fingerprint density at radius 2 is 1.66 bits per heavy atom. The van der Waals surface area contributed by atoms with Crippen molar-refractivity contribution in [1.82, 2.24) is 5.32 Å². The van der Waals surface area contributed by atoms with E-state index in [0.29, 0.717) is 29.9 Å². The van der Waals surface area contributed by atoms with Crippen LogP contribution in [0.25, 0.3) is 10.8 Å². The van der Waals surface area contributed by atoms with Gasteiger partial charge < -0.3 is 15.4 Å². The number of carbonyl (C=O) groups is 2. The van der Waals surface area contributed by atoms with Gasteiger partial charge in [0.1, 0.15) is 6.54 Å². The summed E-state index contributed by atoms with van der Waals surface area (Å²) in [5.74, 6) is -0.938. The Kier molecular flexibility index (Phi) is 7.45. The molecule has 2 N–H and O–H groups in total. The smallest absolute Gasteiger partial charge is 0.253 e. The number of anilines is 2. The first-order chi connectivity index (χ1) is 15.3. The third-order valence-electron chi connectivity index (χ3n) is 4.76. The molecule has 0 bridgehead atoms. The lowest BCUT2D eigenvalue weighted by Crippen LogP contribution is -2.38. The minimum absolute atomic E-state index is 0.271. The monoisotopic (exact) mass is 455 g/mol. The predicted octanol–water partition coefficient (Wildman–Crippen LogP) is 2.62. The summed E-state index contributed by atoms with van der Waals surface area (Å²) in [4.78, 5) is 25.3. The Hall–Kier alpha value is -3.43. The standard InChI is InChI=1S/C23H25N3O5S/c1-31-15-14-24-23(28)19-11-5-6-12-20(19)25-22(27)16-26(32(2,29)30)21-13-7-9-17-8-3-4-10-18(17)21/h3-13H,14-16H2,1-2H3,(H,24,28)(H,25,27). The molecule has 0 unspecified atom stereocenters. The summed E-state index contributed by atoms with van der Waals surface area (Å²) in [6, 6.07) is 19.2. The summed E-state index contributed by atoms with van der Waals surface area (Å²) in [7, 11) is -2.23. The molecule has 9 heteroatoms. The summed E-state index contributed by atoms with van der Waals surface area (Å²) < 4.78 is 31.1. The van der Waals surface area contributed by atoms with Crippen molar-refractivity contribution in [3.05, 3.63) is 72.3 Å². The summed E-state index contributed by atoms with van der Waals surface area (Å²) in [6.45, 7) is 0.238. The summed E-state index contributed by atoms with van der Waals surface area (Å²) in [6.07, 6.45) is 1.05. The molecule has 0 fully saturated rings. The third kappa shape index (κ3) is 5.63. The summed E-state index contributed by atoms with van der Waals surface area (Å²) in [5.41, 5.74) is 0.971. The van der Waals surface area contributed by atoms with E-state index in [9.17, 15) is 18.0 Å². The van der Waals surface area contributed by atoms with Gasteiger partial charge in [-0.3, -0.25) is 13.9 Å². The quantitative estimate of drug-likeness (QED) is 0.483.